The molecule has 3 N–H and O–H groups in total. The minimum atomic E-state index is -0.380. The van der Waals surface area contributed by atoms with E-state index in [1.54, 1.807) is 18.2 Å². The van der Waals surface area contributed by atoms with Crippen LogP contribution in [-0.4, -0.2) is 5.91 Å². The Kier molecular flexibility index (Phi) is 4.43. The Morgan fingerprint density at radius 1 is 1.15 bits per heavy atom. The van der Waals surface area contributed by atoms with Gasteiger partial charge in [0.2, 0.25) is 0 Å². The van der Waals surface area contributed by atoms with Crippen LogP contribution in [0.25, 0.3) is 0 Å². The second-order valence-corrected chi connectivity index (χ2v) is 5.50. The van der Waals surface area contributed by atoms with Crippen molar-refractivity contribution in [3.05, 3.63) is 56.5 Å². The molecule has 0 fully saturated rings. The largest absolute Gasteiger partial charge is 0.399 e. The molecule has 0 aliphatic heterocycles. The van der Waals surface area contributed by atoms with Gasteiger partial charge >= 0.3 is 0 Å². The Morgan fingerprint density at radius 3 is 2.50 bits per heavy atom. The van der Waals surface area contributed by atoms with Gasteiger partial charge in [0.25, 0.3) is 5.91 Å². The van der Waals surface area contributed by atoms with Crippen LogP contribution in [0.4, 0.5) is 11.4 Å². The molecule has 0 saturated heterocycles. The summed E-state index contributed by atoms with van der Waals surface area (Å²) >= 11 is 17.8. The Hall–Kier alpha value is -1.42. The molecular weight excluding hydrogens is 319 g/mol. The quantitative estimate of drug-likeness (QED) is 0.778. The molecule has 0 heterocycles. The number of carbonyl (C=O) groups is 1. The van der Waals surface area contributed by atoms with Gasteiger partial charge in [-0.3, -0.25) is 4.79 Å². The Bertz CT molecular complexity index is 686. The van der Waals surface area contributed by atoms with Crippen LogP contribution in [0.1, 0.15) is 15.9 Å². The summed E-state index contributed by atoms with van der Waals surface area (Å²) in [5, 5.41) is 3.77. The van der Waals surface area contributed by atoms with Crippen molar-refractivity contribution in [1.29, 1.82) is 0 Å². The second-order valence-electron chi connectivity index (χ2n) is 4.28. The maximum absolute atomic E-state index is 12.2. The lowest BCUT2D eigenvalue weighted by atomic mass is 10.1. The lowest BCUT2D eigenvalue weighted by Crippen LogP contribution is -2.14. The molecule has 104 valence electrons. The van der Waals surface area contributed by atoms with Crippen molar-refractivity contribution >= 4 is 52.1 Å². The topological polar surface area (TPSA) is 55.1 Å². The normalized spacial score (nSPS) is 10.4. The van der Waals surface area contributed by atoms with Crippen molar-refractivity contribution < 1.29 is 4.79 Å². The number of hydrogen-bond acceptors (Lipinski definition) is 2. The standard InChI is InChI=1S/C14H11Cl3N2O/c1-7-4-8(15)2-3-12(7)19-14(20)10-5-9(18)6-11(16)13(10)17/h2-6H,18H2,1H3,(H,19,20). The predicted molar refractivity (Wildman–Crippen MR) is 85.0 cm³/mol. The summed E-state index contributed by atoms with van der Waals surface area (Å²) in [6, 6.07) is 8.14. The average Bonchev–Trinajstić information content (AvgIpc) is 2.37. The van der Waals surface area contributed by atoms with E-state index >= 15 is 0 Å². The van der Waals surface area contributed by atoms with Gasteiger partial charge in [-0.2, -0.15) is 0 Å². The molecule has 0 spiro atoms. The molecule has 0 aromatic heterocycles. The highest BCUT2D eigenvalue weighted by atomic mass is 35.5. The van der Waals surface area contributed by atoms with Gasteiger partial charge in [-0.25, -0.2) is 0 Å². The van der Waals surface area contributed by atoms with Crippen LogP contribution in [0.3, 0.4) is 0 Å². The van der Waals surface area contributed by atoms with Gasteiger partial charge in [-0.05, 0) is 42.8 Å². The summed E-state index contributed by atoms with van der Waals surface area (Å²) in [5.74, 6) is -0.380. The zero-order valence-electron chi connectivity index (χ0n) is 10.5. The molecule has 0 saturated carbocycles. The second kappa shape index (κ2) is 5.92. The van der Waals surface area contributed by atoms with Gasteiger partial charge in [0.05, 0.1) is 15.6 Å². The molecule has 2 aromatic rings. The van der Waals surface area contributed by atoms with E-state index in [9.17, 15) is 4.79 Å². The molecule has 0 aliphatic rings. The van der Waals surface area contributed by atoms with Gasteiger partial charge in [0, 0.05) is 16.4 Å². The monoisotopic (exact) mass is 328 g/mol. The third kappa shape index (κ3) is 3.18. The number of hydrogen-bond donors (Lipinski definition) is 2. The first-order valence-corrected chi connectivity index (χ1v) is 6.84. The highest BCUT2D eigenvalue weighted by molar-refractivity contribution is 6.44. The van der Waals surface area contributed by atoms with Crippen molar-refractivity contribution in [3.8, 4) is 0 Å². The highest BCUT2D eigenvalue weighted by Gasteiger charge is 2.15. The SMILES string of the molecule is Cc1cc(Cl)ccc1NC(=O)c1cc(N)cc(Cl)c1Cl. The first-order valence-electron chi connectivity index (χ1n) is 5.70. The maximum atomic E-state index is 12.2. The number of aryl methyl sites for hydroxylation is 1. The maximum Gasteiger partial charge on any atom is 0.257 e. The van der Waals surface area contributed by atoms with Crippen molar-refractivity contribution in [2.45, 2.75) is 6.92 Å². The number of carbonyl (C=O) groups excluding carboxylic acids is 1. The van der Waals surface area contributed by atoms with E-state index in [2.05, 4.69) is 5.32 Å². The minimum Gasteiger partial charge on any atom is -0.399 e. The summed E-state index contributed by atoms with van der Waals surface area (Å²) in [6.45, 7) is 1.84. The number of nitrogen functional groups attached to an aromatic ring is 1. The van der Waals surface area contributed by atoms with Gasteiger partial charge in [-0.15, -0.1) is 0 Å². The van der Waals surface area contributed by atoms with Crippen LogP contribution in [0.5, 0.6) is 0 Å². The van der Waals surface area contributed by atoms with Gasteiger partial charge in [0.15, 0.2) is 0 Å². The van der Waals surface area contributed by atoms with E-state index in [-0.39, 0.29) is 21.5 Å². The Balaban J connectivity index is 2.33. The third-order valence-electron chi connectivity index (χ3n) is 2.73. The first kappa shape index (κ1) is 15.0. The fourth-order valence-corrected chi connectivity index (χ4v) is 2.38. The summed E-state index contributed by atoms with van der Waals surface area (Å²) < 4.78 is 0. The number of nitrogens with two attached hydrogens (primary N) is 1. The van der Waals surface area contributed by atoms with Crippen molar-refractivity contribution in [2.75, 3.05) is 11.1 Å². The summed E-state index contributed by atoms with van der Waals surface area (Å²) in [4.78, 5) is 12.2. The smallest absolute Gasteiger partial charge is 0.257 e. The molecule has 0 aliphatic carbocycles. The molecule has 0 unspecified atom stereocenters. The molecule has 2 aromatic carbocycles. The number of rotatable bonds is 2. The van der Waals surface area contributed by atoms with E-state index < -0.39 is 0 Å². The molecular formula is C14H11Cl3N2O. The van der Waals surface area contributed by atoms with Crippen molar-refractivity contribution in [1.82, 2.24) is 0 Å². The summed E-state index contributed by atoms with van der Waals surface area (Å²) in [5.41, 5.74) is 7.76. The van der Waals surface area contributed by atoms with E-state index in [1.807, 2.05) is 6.92 Å². The zero-order valence-corrected chi connectivity index (χ0v) is 12.8. The van der Waals surface area contributed by atoms with Gasteiger partial charge in [0.1, 0.15) is 0 Å². The van der Waals surface area contributed by atoms with Crippen LogP contribution in [0.15, 0.2) is 30.3 Å². The van der Waals surface area contributed by atoms with E-state index in [4.69, 9.17) is 40.5 Å². The number of halogens is 3. The molecule has 0 atom stereocenters. The summed E-state index contributed by atoms with van der Waals surface area (Å²) in [7, 11) is 0. The van der Waals surface area contributed by atoms with Crippen LogP contribution in [0.2, 0.25) is 15.1 Å². The van der Waals surface area contributed by atoms with Gasteiger partial charge in [-0.1, -0.05) is 34.8 Å². The van der Waals surface area contributed by atoms with E-state index in [0.29, 0.717) is 16.4 Å². The lowest BCUT2D eigenvalue weighted by molar-refractivity contribution is 0.102. The fraction of sp³-hybridized carbons (Fsp3) is 0.0714. The van der Waals surface area contributed by atoms with E-state index in [1.165, 1.54) is 12.1 Å². The Morgan fingerprint density at radius 2 is 1.85 bits per heavy atom. The number of amides is 1. The Labute approximate surface area is 131 Å². The molecule has 3 nitrogen and oxygen atoms in total. The van der Waals surface area contributed by atoms with Crippen LogP contribution < -0.4 is 11.1 Å². The fourth-order valence-electron chi connectivity index (χ4n) is 1.73. The summed E-state index contributed by atoms with van der Waals surface area (Å²) in [6.07, 6.45) is 0. The van der Waals surface area contributed by atoms with Gasteiger partial charge < -0.3 is 11.1 Å². The zero-order chi connectivity index (χ0) is 14.9. The molecule has 0 bridgehead atoms. The first-order chi connectivity index (χ1) is 9.38. The third-order valence-corrected chi connectivity index (χ3v) is 3.77. The molecule has 1 amide bonds. The van der Waals surface area contributed by atoms with Crippen LogP contribution >= 0.6 is 34.8 Å². The van der Waals surface area contributed by atoms with Crippen LogP contribution in [0, 0.1) is 6.92 Å². The molecule has 2 rings (SSSR count). The highest BCUT2D eigenvalue weighted by Crippen LogP contribution is 2.29. The average molecular weight is 330 g/mol. The number of nitrogens with one attached hydrogen (secondary N) is 1. The molecule has 0 radical (unpaired) electrons. The molecule has 20 heavy (non-hydrogen) atoms. The lowest BCUT2D eigenvalue weighted by Gasteiger charge is -2.11. The molecule has 6 heteroatoms. The number of benzene rings is 2. The number of anilines is 2. The van der Waals surface area contributed by atoms with Crippen molar-refractivity contribution in [3.63, 3.8) is 0 Å². The van der Waals surface area contributed by atoms with E-state index in [0.717, 1.165) is 5.56 Å². The van der Waals surface area contributed by atoms with Crippen molar-refractivity contribution in [2.24, 2.45) is 0 Å². The minimum absolute atomic E-state index is 0.171. The predicted octanol–water partition coefficient (Wildman–Crippen LogP) is 4.79. The van der Waals surface area contributed by atoms with Crippen LogP contribution in [-0.2, 0) is 0 Å².